The van der Waals surface area contributed by atoms with Gasteiger partial charge in [-0.3, -0.25) is 4.79 Å². The van der Waals surface area contributed by atoms with E-state index in [0.29, 0.717) is 17.6 Å². The maximum atomic E-state index is 11.7. The van der Waals surface area contributed by atoms with E-state index in [2.05, 4.69) is 34.7 Å². The highest BCUT2D eigenvalue weighted by atomic mass is 16.2. The second-order valence-corrected chi connectivity index (χ2v) is 6.48. The van der Waals surface area contributed by atoms with E-state index < -0.39 is 0 Å². The van der Waals surface area contributed by atoms with Gasteiger partial charge in [0.15, 0.2) is 5.69 Å². The molecule has 6 nitrogen and oxygen atoms in total. The van der Waals surface area contributed by atoms with Crippen LogP contribution in [0.1, 0.15) is 37.2 Å². The van der Waals surface area contributed by atoms with Crippen LogP contribution in [0, 0.1) is 5.41 Å². The van der Waals surface area contributed by atoms with Crippen molar-refractivity contribution >= 4 is 11.7 Å². The SMILES string of the molecule is CN(C)C(=O)c1ccc(NCC2NCCCC2(C)C)nn1. The van der Waals surface area contributed by atoms with Gasteiger partial charge in [0.2, 0.25) is 0 Å². The van der Waals surface area contributed by atoms with Gasteiger partial charge in [0.1, 0.15) is 5.82 Å². The Morgan fingerprint density at radius 1 is 1.43 bits per heavy atom. The van der Waals surface area contributed by atoms with Crippen LogP contribution < -0.4 is 10.6 Å². The van der Waals surface area contributed by atoms with Crippen LogP contribution in [0.3, 0.4) is 0 Å². The van der Waals surface area contributed by atoms with Crippen molar-refractivity contribution in [2.75, 3.05) is 32.5 Å². The fourth-order valence-corrected chi connectivity index (χ4v) is 2.60. The van der Waals surface area contributed by atoms with E-state index in [1.54, 1.807) is 26.2 Å². The summed E-state index contributed by atoms with van der Waals surface area (Å²) in [6, 6.07) is 3.92. The summed E-state index contributed by atoms with van der Waals surface area (Å²) in [6.07, 6.45) is 2.46. The molecule has 0 aromatic carbocycles. The summed E-state index contributed by atoms with van der Waals surface area (Å²) in [7, 11) is 3.40. The molecule has 2 heterocycles. The van der Waals surface area contributed by atoms with E-state index in [1.807, 2.05) is 0 Å². The molecule has 0 radical (unpaired) electrons. The lowest BCUT2D eigenvalue weighted by atomic mass is 9.77. The summed E-state index contributed by atoms with van der Waals surface area (Å²) >= 11 is 0. The zero-order chi connectivity index (χ0) is 15.5. The highest BCUT2D eigenvalue weighted by Gasteiger charge is 2.31. The maximum absolute atomic E-state index is 11.7. The molecule has 21 heavy (non-hydrogen) atoms. The Kier molecular flexibility index (Phi) is 4.77. The number of amides is 1. The fraction of sp³-hybridized carbons (Fsp3) is 0.667. The number of nitrogens with one attached hydrogen (secondary N) is 2. The Labute approximate surface area is 126 Å². The van der Waals surface area contributed by atoms with E-state index in [0.717, 1.165) is 13.1 Å². The zero-order valence-corrected chi connectivity index (χ0v) is 13.3. The number of aromatic nitrogens is 2. The summed E-state index contributed by atoms with van der Waals surface area (Å²) in [4.78, 5) is 13.2. The van der Waals surface area contributed by atoms with Gasteiger partial charge in [-0.05, 0) is 36.9 Å². The van der Waals surface area contributed by atoms with Crippen molar-refractivity contribution in [1.82, 2.24) is 20.4 Å². The average Bonchev–Trinajstić information content (AvgIpc) is 2.45. The minimum Gasteiger partial charge on any atom is -0.367 e. The van der Waals surface area contributed by atoms with Crippen LogP contribution >= 0.6 is 0 Å². The number of nitrogens with zero attached hydrogens (tertiary/aromatic N) is 3. The van der Waals surface area contributed by atoms with Crippen LogP contribution in [0.5, 0.6) is 0 Å². The van der Waals surface area contributed by atoms with Crippen molar-refractivity contribution in [2.24, 2.45) is 5.41 Å². The topological polar surface area (TPSA) is 70.2 Å². The van der Waals surface area contributed by atoms with Gasteiger partial charge in [0.25, 0.3) is 5.91 Å². The summed E-state index contributed by atoms with van der Waals surface area (Å²) in [5.41, 5.74) is 0.640. The van der Waals surface area contributed by atoms with E-state index in [9.17, 15) is 4.79 Å². The van der Waals surface area contributed by atoms with Crippen LogP contribution in [0.15, 0.2) is 12.1 Å². The molecule has 0 bridgehead atoms. The predicted molar refractivity (Wildman–Crippen MR) is 83.3 cm³/mol. The predicted octanol–water partition coefficient (Wildman–Crippen LogP) is 1.37. The highest BCUT2D eigenvalue weighted by Crippen LogP contribution is 2.29. The summed E-state index contributed by atoms with van der Waals surface area (Å²) in [5.74, 6) is 0.567. The van der Waals surface area contributed by atoms with Gasteiger partial charge < -0.3 is 15.5 Å². The lowest BCUT2D eigenvalue weighted by Gasteiger charge is -2.39. The van der Waals surface area contributed by atoms with Gasteiger partial charge in [-0.15, -0.1) is 10.2 Å². The molecule has 1 amide bonds. The zero-order valence-electron chi connectivity index (χ0n) is 13.3. The molecule has 1 unspecified atom stereocenters. The minimum atomic E-state index is -0.135. The third-order valence-electron chi connectivity index (χ3n) is 4.11. The van der Waals surface area contributed by atoms with Gasteiger partial charge in [-0.2, -0.15) is 0 Å². The molecule has 0 aliphatic carbocycles. The normalized spacial score (nSPS) is 20.9. The van der Waals surface area contributed by atoms with E-state index in [4.69, 9.17) is 0 Å². The Balaban J connectivity index is 1.93. The van der Waals surface area contributed by atoms with Crippen molar-refractivity contribution in [3.8, 4) is 0 Å². The second kappa shape index (κ2) is 6.39. The number of carbonyl (C=O) groups excluding carboxylic acids is 1. The average molecular weight is 291 g/mol. The van der Waals surface area contributed by atoms with Crippen molar-refractivity contribution < 1.29 is 4.79 Å². The molecule has 116 valence electrons. The van der Waals surface area contributed by atoms with Crippen molar-refractivity contribution in [3.63, 3.8) is 0 Å². The molecule has 1 aromatic heterocycles. The van der Waals surface area contributed by atoms with Crippen molar-refractivity contribution in [2.45, 2.75) is 32.7 Å². The molecule has 1 aromatic rings. The minimum absolute atomic E-state index is 0.135. The number of rotatable bonds is 4. The van der Waals surface area contributed by atoms with Crippen LogP contribution in [-0.4, -0.2) is 54.2 Å². The molecule has 1 atom stereocenters. The smallest absolute Gasteiger partial charge is 0.273 e. The molecule has 1 fully saturated rings. The number of piperidine rings is 1. The number of carbonyl (C=O) groups is 1. The number of hydrogen-bond acceptors (Lipinski definition) is 5. The Hall–Kier alpha value is -1.69. The monoisotopic (exact) mass is 291 g/mol. The Bertz CT molecular complexity index is 483. The highest BCUT2D eigenvalue weighted by molar-refractivity contribution is 5.91. The van der Waals surface area contributed by atoms with Crippen LogP contribution in [0.25, 0.3) is 0 Å². The second-order valence-electron chi connectivity index (χ2n) is 6.48. The van der Waals surface area contributed by atoms with Crippen LogP contribution in [-0.2, 0) is 0 Å². The number of anilines is 1. The van der Waals surface area contributed by atoms with E-state index >= 15 is 0 Å². The molecule has 2 N–H and O–H groups in total. The van der Waals surface area contributed by atoms with Gasteiger partial charge in [0.05, 0.1) is 0 Å². The molecule has 1 aliphatic rings. The van der Waals surface area contributed by atoms with E-state index in [-0.39, 0.29) is 11.3 Å². The first kappa shape index (κ1) is 15.7. The first-order valence-corrected chi connectivity index (χ1v) is 7.43. The van der Waals surface area contributed by atoms with Gasteiger partial charge >= 0.3 is 0 Å². The molecule has 6 heteroatoms. The van der Waals surface area contributed by atoms with Crippen LogP contribution in [0.2, 0.25) is 0 Å². The Morgan fingerprint density at radius 2 is 2.19 bits per heavy atom. The van der Waals surface area contributed by atoms with Crippen molar-refractivity contribution in [1.29, 1.82) is 0 Å². The first-order valence-electron chi connectivity index (χ1n) is 7.43. The molecule has 0 spiro atoms. The van der Waals surface area contributed by atoms with Crippen molar-refractivity contribution in [3.05, 3.63) is 17.8 Å². The summed E-state index contributed by atoms with van der Waals surface area (Å²) in [5, 5.41) is 14.9. The summed E-state index contributed by atoms with van der Waals surface area (Å²) in [6.45, 7) is 6.45. The molecule has 0 saturated carbocycles. The van der Waals surface area contributed by atoms with Gasteiger partial charge in [0, 0.05) is 26.7 Å². The lowest BCUT2D eigenvalue weighted by molar-refractivity contribution is 0.0821. The molecule has 1 aliphatic heterocycles. The number of hydrogen-bond donors (Lipinski definition) is 2. The quantitative estimate of drug-likeness (QED) is 0.877. The van der Waals surface area contributed by atoms with Crippen LogP contribution in [0.4, 0.5) is 5.82 Å². The third-order valence-corrected chi connectivity index (χ3v) is 4.11. The van der Waals surface area contributed by atoms with Gasteiger partial charge in [-0.1, -0.05) is 13.8 Å². The maximum Gasteiger partial charge on any atom is 0.273 e. The third kappa shape index (κ3) is 3.91. The fourth-order valence-electron chi connectivity index (χ4n) is 2.60. The molecular weight excluding hydrogens is 266 g/mol. The standard InChI is InChI=1S/C15H25N5O/c1-15(2)8-5-9-16-12(15)10-17-13-7-6-11(18-19-13)14(21)20(3)4/h6-7,12,16H,5,8-10H2,1-4H3,(H,17,19). The first-order chi connectivity index (χ1) is 9.90. The van der Waals surface area contributed by atoms with Gasteiger partial charge in [-0.25, -0.2) is 0 Å². The lowest BCUT2D eigenvalue weighted by Crippen LogP contribution is -2.50. The molecule has 2 rings (SSSR count). The molecule has 1 saturated heterocycles. The summed E-state index contributed by atoms with van der Waals surface area (Å²) < 4.78 is 0. The molecular formula is C15H25N5O. The Morgan fingerprint density at radius 3 is 2.76 bits per heavy atom. The largest absolute Gasteiger partial charge is 0.367 e. The van der Waals surface area contributed by atoms with E-state index in [1.165, 1.54) is 17.7 Å².